The van der Waals surface area contributed by atoms with Crippen LogP contribution >= 0.6 is 0 Å². The van der Waals surface area contributed by atoms with Gasteiger partial charge in [-0.2, -0.15) is 15.7 Å². The molecule has 0 bridgehead atoms. The van der Waals surface area contributed by atoms with E-state index in [4.69, 9.17) is 20.0 Å². The number of aryl methyl sites for hydroxylation is 1. The highest BCUT2D eigenvalue weighted by atomic mass is 16.7. The Morgan fingerprint density at radius 3 is 2.44 bits per heavy atom. The number of methoxy groups -OCH3 is 1. The van der Waals surface area contributed by atoms with Crippen molar-refractivity contribution >= 4 is 29.6 Å². The number of nitrogens with zero attached hydrogens (tertiary/aromatic N) is 5. The number of anilines is 2. The maximum Gasteiger partial charge on any atom is 0.332 e. The number of carbonyl (C=O) groups is 3. The highest BCUT2D eigenvalue weighted by Gasteiger charge is 2.24. The van der Waals surface area contributed by atoms with Gasteiger partial charge in [-0.15, -0.1) is 10.2 Å². The molecule has 2 heterocycles. The summed E-state index contributed by atoms with van der Waals surface area (Å²) in [7, 11) is 1.59. The summed E-state index contributed by atoms with van der Waals surface area (Å²) in [4.78, 5) is 52.0. The van der Waals surface area contributed by atoms with Crippen molar-refractivity contribution in [2.75, 3.05) is 18.2 Å². The monoisotopic (exact) mass is 695 g/mol. The Morgan fingerprint density at radius 2 is 1.76 bits per heavy atom. The van der Waals surface area contributed by atoms with Crippen molar-refractivity contribution in [3.8, 4) is 5.75 Å². The number of aromatic nitrogens is 6. The Morgan fingerprint density at radius 1 is 0.980 bits per heavy atom. The Hall–Kier alpha value is -4.82. The maximum atomic E-state index is 12.9. The van der Waals surface area contributed by atoms with Gasteiger partial charge >= 0.3 is 11.9 Å². The van der Waals surface area contributed by atoms with Gasteiger partial charge in [-0.05, 0) is 57.2 Å². The van der Waals surface area contributed by atoms with Crippen LogP contribution in [0.2, 0.25) is 0 Å². The highest BCUT2D eigenvalue weighted by molar-refractivity contribution is 5.78. The van der Waals surface area contributed by atoms with Crippen LogP contribution in [-0.4, -0.2) is 67.2 Å². The number of ether oxygens (including phenoxy) is 2. The lowest BCUT2D eigenvalue weighted by Gasteiger charge is -2.25. The van der Waals surface area contributed by atoms with Crippen LogP contribution in [0.4, 0.5) is 11.8 Å². The van der Waals surface area contributed by atoms with Crippen molar-refractivity contribution in [2.24, 2.45) is 0 Å². The van der Waals surface area contributed by atoms with Gasteiger partial charge in [0.05, 0.1) is 19.2 Å². The summed E-state index contributed by atoms with van der Waals surface area (Å²) in [5.74, 6) is 0.335. The van der Waals surface area contributed by atoms with Gasteiger partial charge in [-0.3, -0.25) is 9.59 Å². The van der Waals surface area contributed by atoms with E-state index in [0.29, 0.717) is 54.3 Å². The second-order valence-corrected chi connectivity index (χ2v) is 13.3. The number of hydrogen-bond donors (Lipinski definition) is 4. The molecule has 0 saturated carbocycles. The summed E-state index contributed by atoms with van der Waals surface area (Å²) in [6.45, 7) is 9.67. The second-order valence-electron chi connectivity index (χ2n) is 13.3. The Balaban J connectivity index is 1.92. The molecule has 0 aliphatic carbocycles. The summed E-state index contributed by atoms with van der Waals surface area (Å²) in [5.41, 5.74) is 10.8. The van der Waals surface area contributed by atoms with E-state index in [1.54, 1.807) is 7.11 Å². The first kappa shape index (κ1) is 39.6. The molecular formula is C35H53N9O6. The van der Waals surface area contributed by atoms with Crippen molar-refractivity contribution in [2.45, 2.75) is 130 Å². The number of hydrogen-bond acceptors (Lipinski definition) is 13. The summed E-state index contributed by atoms with van der Waals surface area (Å²) >= 11 is 0. The van der Waals surface area contributed by atoms with Gasteiger partial charge in [0.15, 0.2) is 5.82 Å². The molecule has 0 fully saturated rings. The molecule has 2 aromatic heterocycles. The number of esters is 1. The number of amides is 1. The third kappa shape index (κ3) is 14.0. The maximum absolute atomic E-state index is 12.9. The third-order valence-corrected chi connectivity index (χ3v) is 7.76. The van der Waals surface area contributed by atoms with Gasteiger partial charge in [0.25, 0.3) is 5.91 Å². The molecule has 0 spiro atoms. The number of nitrogens with one attached hydrogen (secondary N) is 3. The van der Waals surface area contributed by atoms with Crippen LogP contribution in [0, 0.1) is 0 Å². The van der Waals surface area contributed by atoms with Crippen molar-refractivity contribution in [1.82, 2.24) is 36.1 Å². The fourth-order valence-electron chi connectivity index (χ4n) is 5.37. The number of nitrogens with two attached hydrogens (primary N) is 1. The van der Waals surface area contributed by atoms with Gasteiger partial charge in [-0.1, -0.05) is 63.3 Å². The van der Waals surface area contributed by atoms with Crippen LogP contribution in [0.25, 0.3) is 0 Å². The van der Waals surface area contributed by atoms with Gasteiger partial charge in [-0.25, -0.2) is 9.78 Å². The van der Waals surface area contributed by atoms with E-state index in [9.17, 15) is 14.4 Å². The number of benzene rings is 1. The molecule has 15 heteroatoms. The molecule has 50 heavy (non-hydrogen) atoms. The largest absolute Gasteiger partial charge is 0.496 e. The predicted octanol–water partition coefficient (Wildman–Crippen LogP) is 4.94. The molecule has 15 nitrogen and oxygen atoms in total. The number of rotatable bonds is 20. The summed E-state index contributed by atoms with van der Waals surface area (Å²) in [5, 5.41) is 17.7. The molecule has 3 aromatic rings. The van der Waals surface area contributed by atoms with Crippen molar-refractivity contribution < 1.29 is 28.7 Å². The molecule has 1 amide bonds. The van der Waals surface area contributed by atoms with Gasteiger partial charge in [0.1, 0.15) is 17.2 Å². The van der Waals surface area contributed by atoms with Gasteiger partial charge < -0.3 is 25.4 Å². The minimum atomic E-state index is -0.628. The van der Waals surface area contributed by atoms with Crippen molar-refractivity contribution in [1.29, 1.82) is 0 Å². The third-order valence-electron chi connectivity index (χ3n) is 7.76. The van der Waals surface area contributed by atoms with E-state index in [1.807, 2.05) is 39.0 Å². The molecule has 3 rings (SSSR count). The molecule has 1 aromatic carbocycles. The quantitative estimate of drug-likeness (QED) is 0.0702. The van der Waals surface area contributed by atoms with Crippen molar-refractivity contribution in [3.63, 3.8) is 0 Å². The number of carbonyl (C=O) groups excluding carboxylic acids is 3. The first-order valence-electron chi connectivity index (χ1n) is 17.4. The molecule has 5 N–H and O–H groups in total. The smallest absolute Gasteiger partial charge is 0.332 e. The Bertz CT molecular complexity index is 1530. The van der Waals surface area contributed by atoms with E-state index in [1.165, 1.54) is 0 Å². The zero-order chi connectivity index (χ0) is 36.5. The molecular weight excluding hydrogens is 642 g/mol. The minimum absolute atomic E-state index is 0.00879. The predicted molar refractivity (Wildman–Crippen MR) is 188 cm³/mol. The molecule has 0 aliphatic rings. The molecule has 0 aliphatic heterocycles. The van der Waals surface area contributed by atoms with E-state index in [-0.39, 0.29) is 43.6 Å². The van der Waals surface area contributed by atoms with E-state index in [2.05, 4.69) is 55.2 Å². The number of H-pyrrole nitrogens is 1. The molecule has 0 saturated heterocycles. The number of hydroxylamine groups is 1. The molecule has 1 atom stereocenters. The van der Waals surface area contributed by atoms with Crippen LogP contribution in [0.3, 0.4) is 0 Å². The fraction of sp³-hybridized carbons (Fsp3) is 0.600. The standard InChI is InChI=1S/C35H53N9O6/c1-7-9-11-12-14-31(46)50-42-30(45)18-16-27-26(21-24-19-23(15-17-28(24)48-6)20-29-40-43-44-41-29)33(39-34(36)38-27)37-25(13-10-8-2)22-32(47)49-35(3,4)5/h15,17,19,25H,7-14,16,18,20-22H2,1-6H3,(H,42,45)(H3,36,37,38,39)(H,40,41,43,44)/t25-/m0/s1. The number of unbranched alkanes of at least 4 members (excludes halogenated alkanes) is 4. The summed E-state index contributed by atoms with van der Waals surface area (Å²) in [6, 6.07) is 5.47. The van der Waals surface area contributed by atoms with Crippen LogP contribution in [-0.2, 0) is 43.2 Å². The summed E-state index contributed by atoms with van der Waals surface area (Å²) in [6.07, 6.45) is 7.45. The Kier molecular flexibility index (Phi) is 15.8. The van der Waals surface area contributed by atoms with Crippen molar-refractivity contribution in [3.05, 3.63) is 46.4 Å². The Labute approximate surface area is 294 Å². The molecule has 274 valence electrons. The first-order valence-corrected chi connectivity index (χ1v) is 17.4. The molecule has 0 unspecified atom stereocenters. The number of aromatic amines is 1. The first-order chi connectivity index (χ1) is 23.9. The summed E-state index contributed by atoms with van der Waals surface area (Å²) < 4.78 is 11.4. The lowest BCUT2D eigenvalue weighted by Crippen LogP contribution is -2.30. The van der Waals surface area contributed by atoms with E-state index >= 15 is 0 Å². The average molecular weight is 696 g/mol. The fourth-order valence-corrected chi connectivity index (χ4v) is 5.37. The van der Waals surface area contributed by atoms with Crippen LogP contribution in [0.1, 0.15) is 127 Å². The van der Waals surface area contributed by atoms with Crippen LogP contribution in [0.15, 0.2) is 18.2 Å². The highest BCUT2D eigenvalue weighted by Crippen LogP contribution is 2.30. The normalized spacial score (nSPS) is 11.9. The minimum Gasteiger partial charge on any atom is -0.496 e. The van der Waals surface area contributed by atoms with Crippen LogP contribution < -0.4 is 21.3 Å². The zero-order valence-electron chi connectivity index (χ0n) is 30.3. The number of nitrogen functional groups attached to an aromatic ring is 1. The second kappa shape index (κ2) is 20.0. The SMILES string of the molecule is CCCCCCC(=O)ONC(=O)CCc1nc(N)nc(N[C@@H](CCCC)CC(=O)OC(C)(C)C)c1Cc1cc(Cc2nn[nH]n2)ccc1OC. The lowest BCUT2D eigenvalue weighted by atomic mass is 9.97. The van der Waals surface area contributed by atoms with Gasteiger partial charge in [0.2, 0.25) is 5.95 Å². The lowest BCUT2D eigenvalue weighted by molar-refractivity contribution is -0.158. The van der Waals surface area contributed by atoms with E-state index < -0.39 is 17.5 Å². The molecule has 0 radical (unpaired) electrons. The topological polar surface area (TPSA) is 209 Å². The van der Waals surface area contributed by atoms with E-state index in [0.717, 1.165) is 43.2 Å². The zero-order valence-corrected chi connectivity index (χ0v) is 30.3. The van der Waals surface area contributed by atoms with Gasteiger partial charge in [0, 0.05) is 37.3 Å². The number of tetrazole rings is 1. The van der Waals surface area contributed by atoms with Crippen LogP contribution in [0.5, 0.6) is 5.75 Å². The average Bonchev–Trinajstić information content (AvgIpc) is 3.57.